The maximum Gasteiger partial charge on any atom is 0.335 e. The second kappa shape index (κ2) is 6.62. The fraction of sp³-hybridized carbons (Fsp3) is 0. The molecule has 0 saturated heterocycles. The van der Waals surface area contributed by atoms with Gasteiger partial charge in [0, 0.05) is 0 Å². The molecule has 0 fully saturated rings. The summed E-state index contributed by atoms with van der Waals surface area (Å²) >= 11 is 4.64. The third kappa shape index (κ3) is 4.12. The molecule has 0 atom stereocenters. The largest absolute Gasteiger partial charge is 0.478 e. The number of benzene rings is 2. The zero-order valence-electron chi connectivity index (χ0n) is 11.0. The molecule has 2 aromatic rings. The molecular weight excluding hydrogens is 286 g/mol. The van der Waals surface area contributed by atoms with Gasteiger partial charge in [-0.05, 0) is 41.0 Å². The molecule has 0 heterocycles. The molecule has 106 valence electrons. The van der Waals surface area contributed by atoms with E-state index >= 15 is 0 Å². The van der Waals surface area contributed by atoms with Crippen molar-refractivity contribution in [2.24, 2.45) is 10.8 Å². The lowest BCUT2D eigenvalue weighted by Gasteiger charge is -2.03. The van der Waals surface area contributed by atoms with E-state index in [1.807, 2.05) is 24.3 Å². The number of carboxylic acids is 1. The molecule has 0 aliphatic rings. The predicted octanol–water partition coefficient (Wildman–Crippen LogP) is 2.22. The Morgan fingerprint density at radius 3 is 2.10 bits per heavy atom. The Morgan fingerprint density at radius 2 is 1.62 bits per heavy atom. The highest BCUT2D eigenvalue weighted by Gasteiger charge is 2.03. The third-order valence-corrected chi connectivity index (χ3v) is 2.86. The second-order valence-corrected chi connectivity index (χ2v) is 4.68. The molecule has 0 unspecified atom stereocenters. The summed E-state index contributed by atoms with van der Waals surface area (Å²) in [6.07, 6.45) is 1.61. The van der Waals surface area contributed by atoms with E-state index in [2.05, 4.69) is 22.7 Å². The molecule has 0 bridgehead atoms. The first kappa shape index (κ1) is 14.7. The molecule has 0 aromatic heterocycles. The molecule has 0 spiro atoms. The van der Waals surface area contributed by atoms with E-state index in [9.17, 15) is 4.79 Å². The summed E-state index contributed by atoms with van der Waals surface area (Å²) in [6.45, 7) is 0. The van der Waals surface area contributed by atoms with Crippen molar-refractivity contribution in [1.29, 1.82) is 0 Å². The summed E-state index contributed by atoms with van der Waals surface area (Å²) < 4.78 is 0. The van der Waals surface area contributed by atoms with Crippen molar-refractivity contribution in [2.45, 2.75) is 0 Å². The van der Waals surface area contributed by atoms with Crippen LogP contribution in [0.1, 0.15) is 15.9 Å². The maximum absolute atomic E-state index is 10.8. The Kier molecular flexibility index (Phi) is 4.63. The van der Waals surface area contributed by atoms with Crippen LogP contribution >= 0.6 is 12.2 Å². The van der Waals surface area contributed by atoms with Crippen LogP contribution in [0.25, 0.3) is 11.1 Å². The van der Waals surface area contributed by atoms with E-state index in [4.69, 9.17) is 10.8 Å². The van der Waals surface area contributed by atoms with Gasteiger partial charge in [-0.2, -0.15) is 5.10 Å². The van der Waals surface area contributed by atoms with Crippen molar-refractivity contribution in [3.63, 3.8) is 0 Å². The molecule has 2 aromatic carbocycles. The second-order valence-electron chi connectivity index (χ2n) is 4.24. The van der Waals surface area contributed by atoms with Crippen molar-refractivity contribution in [3.8, 4) is 11.1 Å². The van der Waals surface area contributed by atoms with E-state index < -0.39 is 5.97 Å². The number of thiocarbonyl (C=S) groups is 1. The molecule has 0 aliphatic heterocycles. The molecule has 0 aliphatic carbocycles. The van der Waals surface area contributed by atoms with Gasteiger partial charge in [0.1, 0.15) is 0 Å². The van der Waals surface area contributed by atoms with Gasteiger partial charge < -0.3 is 10.8 Å². The summed E-state index contributed by atoms with van der Waals surface area (Å²) in [4.78, 5) is 10.8. The summed E-state index contributed by atoms with van der Waals surface area (Å²) in [7, 11) is 0. The third-order valence-electron chi connectivity index (χ3n) is 2.76. The van der Waals surface area contributed by atoms with Crippen molar-refractivity contribution in [2.75, 3.05) is 0 Å². The molecule has 0 amide bonds. The fourth-order valence-electron chi connectivity index (χ4n) is 1.74. The minimum absolute atomic E-state index is 0.112. The standard InChI is InChI=1S/C15H13N3O2S/c16-15(21)18-17-9-10-1-3-11(4-2-10)12-5-7-13(8-6-12)14(19)20/h1-9H,(H,19,20)(H3,16,18,21)/b17-9+. The van der Waals surface area contributed by atoms with Gasteiger partial charge in [-0.3, -0.25) is 5.43 Å². The van der Waals surface area contributed by atoms with Crippen LogP contribution in [-0.2, 0) is 0 Å². The summed E-state index contributed by atoms with van der Waals surface area (Å²) in [5.41, 5.74) is 10.8. The number of rotatable bonds is 4. The molecule has 6 heteroatoms. The normalized spacial score (nSPS) is 10.5. The molecular formula is C15H13N3O2S. The monoisotopic (exact) mass is 299 g/mol. The van der Waals surface area contributed by atoms with Gasteiger partial charge in [0.2, 0.25) is 0 Å². The highest BCUT2D eigenvalue weighted by Crippen LogP contribution is 2.20. The van der Waals surface area contributed by atoms with Crippen LogP contribution in [0.2, 0.25) is 0 Å². The van der Waals surface area contributed by atoms with Gasteiger partial charge in [0.15, 0.2) is 5.11 Å². The van der Waals surface area contributed by atoms with Gasteiger partial charge in [-0.25, -0.2) is 4.79 Å². The van der Waals surface area contributed by atoms with Gasteiger partial charge in [0.05, 0.1) is 11.8 Å². The van der Waals surface area contributed by atoms with Crippen LogP contribution in [-0.4, -0.2) is 22.4 Å². The van der Waals surface area contributed by atoms with Crippen molar-refractivity contribution in [1.82, 2.24) is 5.43 Å². The minimum Gasteiger partial charge on any atom is -0.478 e. The van der Waals surface area contributed by atoms with E-state index in [1.165, 1.54) is 0 Å². The molecule has 21 heavy (non-hydrogen) atoms. The highest BCUT2D eigenvalue weighted by molar-refractivity contribution is 7.80. The van der Waals surface area contributed by atoms with Crippen molar-refractivity contribution < 1.29 is 9.90 Å². The molecule has 0 saturated carbocycles. The average molecular weight is 299 g/mol. The topological polar surface area (TPSA) is 87.7 Å². The first-order valence-corrected chi connectivity index (χ1v) is 6.49. The number of aromatic carboxylic acids is 1. The molecule has 4 N–H and O–H groups in total. The SMILES string of the molecule is NC(=S)N/N=C/c1ccc(-c2ccc(C(=O)O)cc2)cc1. The lowest BCUT2D eigenvalue weighted by molar-refractivity contribution is 0.0697. The Bertz CT molecular complexity index is 679. The van der Waals surface area contributed by atoms with Crippen LogP contribution in [0.5, 0.6) is 0 Å². The number of hydrogen-bond acceptors (Lipinski definition) is 3. The van der Waals surface area contributed by atoms with Crippen LogP contribution in [0, 0.1) is 0 Å². The Morgan fingerprint density at radius 1 is 1.10 bits per heavy atom. The number of nitrogens with zero attached hydrogens (tertiary/aromatic N) is 1. The van der Waals surface area contributed by atoms with E-state index in [1.54, 1.807) is 30.5 Å². The number of carboxylic acid groups (broad SMARTS) is 1. The zero-order chi connectivity index (χ0) is 15.2. The first-order valence-electron chi connectivity index (χ1n) is 6.08. The number of nitrogens with one attached hydrogen (secondary N) is 1. The zero-order valence-corrected chi connectivity index (χ0v) is 11.8. The molecule has 0 radical (unpaired) electrons. The number of hydrazone groups is 1. The number of nitrogens with two attached hydrogens (primary N) is 1. The highest BCUT2D eigenvalue weighted by atomic mass is 32.1. The quantitative estimate of drug-likeness (QED) is 0.458. The minimum atomic E-state index is -0.932. The summed E-state index contributed by atoms with van der Waals surface area (Å²) in [5.74, 6) is -0.932. The number of hydrogen-bond donors (Lipinski definition) is 3. The van der Waals surface area contributed by atoms with E-state index in [0.717, 1.165) is 16.7 Å². The lowest BCUT2D eigenvalue weighted by atomic mass is 10.0. The first-order chi connectivity index (χ1) is 10.1. The fourth-order valence-corrected chi connectivity index (χ4v) is 1.79. The summed E-state index contributed by atoms with van der Waals surface area (Å²) in [5, 5.41) is 12.8. The smallest absolute Gasteiger partial charge is 0.335 e. The Hall–Kier alpha value is -2.73. The predicted molar refractivity (Wildman–Crippen MR) is 86.4 cm³/mol. The maximum atomic E-state index is 10.8. The summed E-state index contributed by atoms with van der Waals surface area (Å²) in [6, 6.07) is 14.4. The Labute approximate surface area is 127 Å². The van der Waals surface area contributed by atoms with Crippen LogP contribution in [0.3, 0.4) is 0 Å². The lowest BCUT2D eigenvalue weighted by Crippen LogP contribution is -2.23. The van der Waals surface area contributed by atoms with Gasteiger partial charge in [-0.15, -0.1) is 0 Å². The van der Waals surface area contributed by atoms with E-state index in [0.29, 0.717) is 0 Å². The van der Waals surface area contributed by atoms with Crippen LogP contribution < -0.4 is 11.2 Å². The Balaban J connectivity index is 2.13. The van der Waals surface area contributed by atoms with Gasteiger partial charge in [0.25, 0.3) is 0 Å². The van der Waals surface area contributed by atoms with Crippen LogP contribution in [0.4, 0.5) is 0 Å². The molecule has 2 rings (SSSR count). The van der Waals surface area contributed by atoms with Crippen molar-refractivity contribution >= 4 is 29.5 Å². The van der Waals surface area contributed by atoms with Gasteiger partial charge >= 0.3 is 5.97 Å². The van der Waals surface area contributed by atoms with Crippen LogP contribution in [0.15, 0.2) is 53.6 Å². The van der Waals surface area contributed by atoms with Gasteiger partial charge in [-0.1, -0.05) is 36.4 Å². The number of carbonyl (C=O) groups is 1. The molecule has 5 nitrogen and oxygen atoms in total. The van der Waals surface area contributed by atoms with E-state index in [-0.39, 0.29) is 10.7 Å². The van der Waals surface area contributed by atoms with Crippen molar-refractivity contribution in [3.05, 3.63) is 59.7 Å². The average Bonchev–Trinajstić information content (AvgIpc) is 2.48.